The summed E-state index contributed by atoms with van der Waals surface area (Å²) in [6.07, 6.45) is 2.07. The van der Waals surface area contributed by atoms with Crippen LogP contribution < -0.4 is 10.6 Å². The number of carbonyl (C=O) groups excluding carboxylic acids is 3. The Kier molecular flexibility index (Phi) is 12.4. The van der Waals surface area contributed by atoms with E-state index in [1.54, 1.807) is 20.9 Å². The van der Waals surface area contributed by atoms with Crippen molar-refractivity contribution in [2.24, 2.45) is 5.41 Å². The van der Waals surface area contributed by atoms with Crippen molar-refractivity contribution in [3.63, 3.8) is 0 Å². The van der Waals surface area contributed by atoms with Crippen molar-refractivity contribution in [2.75, 3.05) is 47.0 Å². The molecule has 0 aromatic heterocycles. The third kappa shape index (κ3) is 9.79. The van der Waals surface area contributed by atoms with Gasteiger partial charge in [0.1, 0.15) is 18.7 Å². The first-order valence-electron chi connectivity index (χ1n) is 16.0. The van der Waals surface area contributed by atoms with Gasteiger partial charge in [-0.1, -0.05) is 62.4 Å². The minimum atomic E-state index is -1.13. The van der Waals surface area contributed by atoms with Crippen molar-refractivity contribution in [3.05, 3.63) is 83.4 Å². The molecule has 1 saturated heterocycles. The van der Waals surface area contributed by atoms with Crippen LogP contribution in [0, 0.1) is 17.0 Å². The van der Waals surface area contributed by atoms with Crippen LogP contribution in [0.1, 0.15) is 37.8 Å². The lowest BCUT2D eigenvalue weighted by Crippen LogP contribution is -2.57. The molecule has 1 fully saturated rings. The predicted octanol–water partition coefficient (Wildman–Crippen LogP) is 3.46. The van der Waals surface area contributed by atoms with Gasteiger partial charge in [-0.3, -0.25) is 14.4 Å². The average molecular weight is 653 g/mol. The molecular formula is C36H46F2N4O5. The summed E-state index contributed by atoms with van der Waals surface area (Å²) in [7, 11) is 3.02. The van der Waals surface area contributed by atoms with Gasteiger partial charge in [0, 0.05) is 51.5 Å². The van der Waals surface area contributed by atoms with E-state index >= 15 is 0 Å². The number of rotatable bonds is 15. The standard InChI is InChI=1S/C36H46F2N4O5/c1-36(2,23-43)22-40-34(45)31(18-25-12-14-29(37)30(38)17-25)42(4)35(46)32(19-24-11-13-26-8-5-6-9-27(26)16-24)41(3)33(44)21-47-20-28-10-7-15-39-28/h5-6,8-9,11-14,16-17,28,31-32,39,43H,7,10,15,18-23H2,1-4H3,(H,40,45)/t28-,31+,32+/m0/s1. The first-order valence-corrected chi connectivity index (χ1v) is 16.0. The number of hydrogen-bond donors (Lipinski definition) is 3. The summed E-state index contributed by atoms with van der Waals surface area (Å²) < 4.78 is 33.6. The lowest BCUT2D eigenvalue weighted by Gasteiger charge is -2.35. The van der Waals surface area contributed by atoms with E-state index in [1.165, 1.54) is 22.9 Å². The topological polar surface area (TPSA) is 111 Å². The van der Waals surface area contributed by atoms with Crippen molar-refractivity contribution >= 4 is 28.5 Å². The molecule has 1 heterocycles. The van der Waals surface area contributed by atoms with Gasteiger partial charge in [0.25, 0.3) is 0 Å². The third-order valence-electron chi connectivity index (χ3n) is 8.80. The maximum absolute atomic E-state index is 14.4. The largest absolute Gasteiger partial charge is 0.396 e. The molecule has 1 aliphatic rings. The van der Waals surface area contributed by atoms with Gasteiger partial charge >= 0.3 is 0 Å². The maximum atomic E-state index is 14.4. The second kappa shape index (κ2) is 16.3. The zero-order valence-corrected chi connectivity index (χ0v) is 27.6. The van der Waals surface area contributed by atoms with E-state index < -0.39 is 40.9 Å². The van der Waals surface area contributed by atoms with Crippen LogP contribution in [0.25, 0.3) is 10.8 Å². The van der Waals surface area contributed by atoms with Gasteiger partial charge in [-0.2, -0.15) is 0 Å². The Morgan fingerprint density at radius 1 is 0.957 bits per heavy atom. The number of benzene rings is 3. The summed E-state index contributed by atoms with van der Waals surface area (Å²) in [6.45, 7) is 4.56. The van der Waals surface area contributed by atoms with Gasteiger partial charge in [-0.25, -0.2) is 8.78 Å². The highest BCUT2D eigenvalue weighted by Crippen LogP contribution is 2.21. The fraction of sp³-hybridized carbons (Fsp3) is 0.472. The normalized spacial score (nSPS) is 16.1. The number of fused-ring (bicyclic) bond motifs is 1. The second-order valence-electron chi connectivity index (χ2n) is 13.2. The van der Waals surface area contributed by atoms with Crippen LogP contribution in [0.15, 0.2) is 60.7 Å². The molecule has 3 aromatic carbocycles. The van der Waals surface area contributed by atoms with Crippen LogP contribution in [0.5, 0.6) is 0 Å². The fourth-order valence-corrected chi connectivity index (χ4v) is 5.63. The van der Waals surface area contributed by atoms with Gasteiger partial charge in [0.2, 0.25) is 17.7 Å². The Morgan fingerprint density at radius 3 is 2.32 bits per heavy atom. The van der Waals surface area contributed by atoms with Crippen LogP contribution in [-0.2, 0) is 32.0 Å². The summed E-state index contributed by atoms with van der Waals surface area (Å²) in [5, 5.41) is 17.8. The molecule has 254 valence electrons. The Balaban J connectivity index is 1.61. The highest BCUT2D eigenvalue weighted by atomic mass is 19.2. The van der Waals surface area contributed by atoms with Gasteiger partial charge in [0.05, 0.1) is 6.61 Å². The molecule has 1 aliphatic heterocycles. The van der Waals surface area contributed by atoms with E-state index in [9.17, 15) is 28.3 Å². The minimum Gasteiger partial charge on any atom is -0.396 e. The lowest BCUT2D eigenvalue weighted by molar-refractivity contribution is -0.149. The zero-order valence-electron chi connectivity index (χ0n) is 27.6. The van der Waals surface area contributed by atoms with Crippen molar-refractivity contribution in [1.82, 2.24) is 20.4 Å². The van der Waals surface area contributed by atoms with Crippen LogP contribution in [-0.4, -0.2) is 97.8 Å². The van der Waals surface area contributed by atoms with Gasteiger partial charge < -0.3 is 30.3 Å². The molecule has 0 unspecified atom stereocenters. The number of amides is 3. The Bertz CT molecular complexity index is 1540. The van der Waals surface area contributed by atoms with Crippen LogP contribution >= 0.6 is 0 Å². The summed E-state index contributed by atoms with van der Waals surface area (Å²) in [5.74, 6) is -3.51. The zero-order chi connectivity index (χ0) is 34.1. The summed E-state index contributed by atoms with van der Waals surface area (Å²) >= 11 is 0. The molecule has 0 bridgehead atoms. The van der Waals surface area contributed by atoms with E-state index in [1.807, 2.05) is 42.5 Å². The van der Waals surface area contributed by atoms with E-state index in [-0.39, 0.29) is 44.5 Å². The number of nitrogens with one attached hydrogen (secondary N) is 2. The molecule has 9 nitrogen and oxygen atoms in total. The fourth-order valence-electron chi connectivity index (χ4n) is 5.63. The molecule has 0 spiro atoms. The number of aliphatic hydroxyl groups is 1. The van der Waals surface area contributed by atoms with Crippen LogP contribution in [0.3, 0.4) is 0 Å². The van der Waals surface area contributed by atoms with Gasteiger partial charge in [-0.15, -0.1) is 0 Å². The minimum absolute atomic E-state index is 0.108. The number of likely N-dealkylation sites (N-methyl/N-ethyl adjacent to an activating group) is 2. The molecule has 3 amide bonds. The molecular weight excluding hydrogens is 606 g/mol. The molecule has 47 heavy (non-hydrogen) atoms. The Labute approximate surface area is 275 Å². The number of aliphatic hydroxyl groups excluding tert-OH is 1. The van der Waals surface area contributed by atoms with Crippen LogP contribution in [0.2, 0.25) is 0 Å². The molecule has 3 aromatic rings. The van der Waals surface area contributed by atoms with E-state index in [2.05, 4.69) is 10.6 Å². The number of halogens is 2. The van der Waals surface area contributed by atoms with Crippen molar-refractivity contribution in [2.45, 2.75) is 57.7 Å². The average Bonchev–Trinajstić information content (AvgIpc) is 3.59. The number of ether oxygens (including phenoxy) is 1. The predicted molar refractivity (Wildman–Crippen MR) is 177 cm³/mol. The van der Waals surface area contributed by atoms with Crippen molar-refractivity contribution < 1.29 is 33.0 Å². The maximum Gasteiger partial charge on any atom is 0.249 e. The molecule has 0 radical (unpaired) electrons. The quantitative estimate of drug-likeness (QED) is 0.232. The van der Waals surface area contributed by atoms with E-state index in [4.69, 9.17) is 4.74 Å². The van der Waals surface area contributed by atoms with Gasteiger partial charge in [-0.05, 0) is 53.4 Å². The Hall–Kier alpha value is -3.93. The summed E-state index contributed by atoms with van der Waals surface area (Å²) in [5.41, 5.74) is 0.497. The number of nitrogens with zero attached hydrogens (tertiary/aromatic N) is 2. The highest BCUT2D eigenvalue weighted by molar-refractivity contribution is 5.93. The van der Waals surface area contributed by atoms with E-state index in [0.717, 1.165) is 47.9 Å². The first-order chi connectivity index (χ1) is 22.4. The summed E-state index contributed by atoms with van der Waals surface area (Å²) in [6, 6.07) is 15.1. The third-order valence-corrected chi connectivity index (χ3v) is 8.80. The molecule has 0 saturated carbocycles. The highest BCUT2D eigenvalue weighted by Gasteiger charge is 2.36. The van der Waals surface area contributed by atoms with Crippen LogP contribution in [0.4, 0.5) is 8.78 Å². The monoisotopic (exact) mass is 652 g/mol. The summed E-state index contributed by atoms with van der Waals surface area (Å²) in [4.78, 5) is 44.1. The molecule has 3 atom stereocenters. The first kappa shape index (κ1) is 35.9. The number of carbonyl (C=O) groups is 3. The molecule has 11 heteroatoms. The molecule has 4 rings (SSSR count). The van der Waals surface area contributed by atoms with Crippen molar-refractivity contribution in [1.29, 1.82) is 0 Å². The lowest BCUT2D eigenvalue weighted by atomic mass is 9.94. The van der Waals surface area contributed by atoms with Crippen molar-refractivity contribution in [3.8, 4) is 0 Å². The Morgan fingerprint density at radius 2 is 1.64 bits per heavy atom. The molecule has 3 N–H and O–H groups in total. The molecule has 0 aliphatic carbocycles. The smallest absolute Gasteiger partial charge is 0.249 e. The number of hydrogen-bond acceptors (Lipinski definition) is 6. The SMILES string of the molecule is CN(C(=O)COC[C@@H]1CCCN1)[C@H](Cc1ccc2ccccc2c1)C(=O)N(C)[C@H](Cc1ccc(F)c(F)c1)C(=O)NCC(C)(C)CO. The second-order valence-corrected chi connectivity index (χ2v) is 13.2. The van der Waals surface area contributed by atoms with E-state index in [0.29, 0.717) is 12.2 Å². The van der Waals surface area contributed by atoms with Gasteiger partial charge in [0.15, 0.2) is 11.6 Å².